The molecule has 26 heavy (non-hydrogen) atoms. The highest BCUT2D eigenvalue weighted by Gasteiger charge is 2.20. The molecule has 1 rings (SSSR count). The minimum Gasteiger partial charge on any atom is -0.392 e. The molecule has 0 radical (unpaired) electrons. The number of halogens is 2. The maximum Gasteiger partial charge on any atom is 0.242 e. The molecule has 0 aliphatic rings. The normalized spacial score (nSPS) is 14.3. The molecule has 6 nitrogen and oxygen atoms in total. The number of benzene rings is 1. The number of rotatable bonds is 10. The molecule has 0 heterocycles. The molecule has 0 saturated heterocycles. The van der Waals surface area contributed by atoms with E-state index in [0.717, 1.165) is 24.6 Å². The van der Waals surface area contributed by atoms with Crippen LogP contribution in [0.1, 0.15) is 33.6 Å². The molecule has 3 N–H and O–H groups in total. The highest BCUT2D eigenvalue weighted by Crippen LogP contribution is 2.21. The van der Waals surface area contributed by atoms with E-state index in [2.05, 4.69) is 10.0 Å². The summed E-state index contributed by atoms with van der Waals surface area (Å²) in [6.45, 7) is 5.90. The van der Waals surface area contributed by atoms with Gasteiger partial charge in [0.2, 0.25) is 15.9 Å². The second kappa shape index (κ2) is 10.2. The second-order valence-corrected chi connectivity index (χ2v) is 8.83. The van der Waals surface area contributed by atoms with Gasteiger partial charge in [0.25, 0.3) is 0 Å². The van der Waals surface area contributed by atoms with Crippen LogP contribution in [-0.2, 0) is 14.8 Å². The van der Waals surface area contributed by atoms with Crippen molar-refractivity contribution in [3.8, 4) is 0 Å². The molecule has 2 atom stereocenters. The van der Waals surface area contributed by atoms with Crippen LogP contribution in [0.3, 0.4) is 0 Å². The fourth-order valence-corrected chi connectivity index (χ4v) is 4.03. The van der Waals surface area contributed by atoms with E-state index >= 15 is 0 Å². The van der Waals surface area contributed by atoms with Gasteiger partial charge >= 0.3 is 0 Å². The number of carbonyl (C=O) groups excluding carboxylic acids is 1. The molecule has 0 spiro atoms. The van der Waals surface area contributed by atoms with E-state index in [4.69, 9.17) is 11.6 Å². The standard InChI is InChI=1S/C17H26ClFN2O4S/c1-11(2)8-12(3)17(23)20-7-6-14(22)10-21-26(24,25)16-5-4-13(19)9-15(16)18/h4-5,9,11-12,14,21-22H,6-8,10H2,1-3H3,(H,20,23)/t12-,14-/m0/s1. The summed E-state index contributed by atoms with van der Waals surface area (Å²) in [5.74, 6) is -0.443. The summed E-state index contributed by atoms with van der Waals surface area (Å²) in [5.41, 5.74) is 0. The van der Waals surface area contributed by atoms with Crippen molar-refractivity contribution in [3.63, 3.8) is 0 Å². The Hall–Kier alpha value is -1.22. The van der Waals surface area contributed by atoms with Crippen molar-refractivity contribution in [2.45, 2.75) is 44.6 Å². The lowest BCUT2D eigenvalue weighted by Crippen LogP contribution is -2.36. The third-order valence-electron chi connectivity index (χ3n) is 3.74. The van der Waals surface area contributed by atoms with Crippen LogP contribution in [0.4, 0.5) is 4.39 Å². The van der Waals surface area contributed by atoms with Gasteiger partial charge in [-0.2, -0.15) is 0 Å². The number of hydrogen-bond acceptors (Lipinski definition) is 4. The van der Waals surface area contributed by atoms with Crippen molar-refractivity contribution in [1.29, 1.82) is 0 Å². The van der Waals surface area contributed by atoms with E-state index in [1.807, 2.05) is 20.8 Å². The zero-order chi connectivity index (χ0) is 19.9. The van der Waals surface area contributed by atoms with E-state index in [0.29, 0.717) is 5.92 Å². The van der Waals surface area contributed by atoms with Crippen LogP contribution in [0.25, 0.3) is 0 Å². The maximum absolute atomic E-state index is 13.0. The van der Waals surface area contributed by atoms with E-state index in [9.17, 15) is 22.7 Å². The Morgan fingerprint density at radius 1 is 1.31 bits per heavy atom. The summed E-state index contributed by atoms with van der Waals surface area (Å²) < 4.78 is 39.5. The van der Waals surface area contributed by atoms with Gasteiger partial charge in [-0.05, 0) is 37.0 Å². The second-order valence-electron chi connectivity index (χ2n) is 6.69. The van der Waals surface area contributed by atoms with Crippen LogP contribution in [0.2, 0.25) is 5.02 Å². The SMILES string of the molecule is CC(C)C[C@H](C)C(=O)NCC[C@H](O)CNS(=O)(=O)c1ccc(F)cc1Cl. The van der Waals surface area contributed by atoms with Crippen molar-refractivity contribution in [2.75, 3.05) is 13.1 Å². The van der Waals surface area contributed by atoms with Crippen molar-refractivity contribution < 1.29 is 22.7 Å². The Kier molecular flexibility index (Phi) is 8.95. The van der Waals surface area contributed by atoms with Gasteiger partial charge in [0.1, 0.15) is 10.7 Å². The van der Waals surface area contributed by atoms with Crippen molar-refractivity contribution in [1.82, 2.24) is 10.0 Å². The molecule has 1 aromatic rings. The summed E-state index contributed by atoms with van der Waals surface area (Å²) >= 11 is 5.74. The first-order valence-electron chi connectivity index (χ1n) is 8.43. The molecule has 0 saturated carbocycles. The molecular formula is C17H26ClFN2O4S. The van der Waals surface area contributed by atoms with Crippen molar-refractivity contribution >= 4 is 27.5 Å². The van der Waals surface area contributed by atoms with E-state index in [1.165, 1.54) is 0 Å². The molecule has 1 amide bonds. The fraction of sp³-hybridized carbons (Fsp3) is 0.588. The van der Waals surface area contributed by atoms with Gasteiger partial charge in [0.15, 0.2) is 0 Å². The predicted molar refractivity (Wildman–Crippen MR) is 98.9 cm³/mol. The number of carbonyl (C=O) groups is 1. The Balaban J connectivity index is 2.44. The maximum atomic E-state index is 13.0. The summed E-state index contributed by atoms with van der Waals surface area (Å²) in [4.78, 5) is 11.6. The van der Waals surface area contributed by atoms with Gasteiger partial charge < -0.3 is 10.4 Å². The number of nitrogens with one attached hydrogen (secondary N) is 2. The number of aliphatic hydroxyl groups excluding tert-OH is 1. The lowest BCUT2D eigenvalue weighted by atomic mass is 9.98. The average molecular weight is 409 g/mol. The average Bonchev–Trinajstić information content (AvgIpc) is 2.51. The van der Waals surface area contributed by atoms with Gasteiger partial charge in [-0.1, -0.05) is 32.4 Å². The van der Waals surface area contributed by atoms with Crippen LogP contribution in [0.5, 0.6) is 0 Å². The lowest BCUT2D eigenvalue weighted by molar-refractivity contribution is -0.125. The van der Waals surface area contributed by atoms with Crippen LogP contribution in [0, 0.1) is 17.7 Å². The monoisotopic (exact) mass is 408 g/mol. The fourth-order valence-electron chi connectivity index (χ4n) is 2.43. The molecule has 0 fully saturated rings. The number of aliphatic hydroxyl groups is 1. The van der Waals surface area contributed by atoms with Gasteiger partial charge in [-0.15, -0.1) is 0 Å². The van der Waals surface area contributed by atoms with Crippen LogP contribution >= 0.6 is 11.6 Å². The smallest absolute Gasteiger partial charge is 0.242 e. The van der Waals surface area contributed by atoms with E-state index in [-0.39, 0.29) is 41.3 Å². The predicted octanol–water partition coefficient (Wildman–Crippen LogP) is 2.31. The summed E-state index contributed by atoms with van der Waals surface area (Å²) in [6, 6.07) is 2.95. The first-order valence-corrected chi connectivity index (χ1v) is 10.3. The first-order chi connectivity index (χ1) is 12.0. The Morgan fingerprint density at radius 2 is 1.96 bits per heavy atom. The number of hydrogen-bond donors (Lipinski definition) is 3. The first kappa shape index (κ1) is 22.8. The molecule has 9 heteroatoms. The van der Waals surface area contributed by atoms with E-state index < -0.39 is 21.9 Å². The summed E-state index contributed by atoms with van der Waals surface area (Å²) in [6.07, 6.45) is -0.0170. The summed E-state index contributed by atoms with van der Waals surface area (Å²) in [5, 5.41) is 12.4. The van der Waals surface area contributed by atoms with E-state index in [1.54, 1.807) is 0 Å². The molecule has 0 unspecified atom stereocenters. The molecule has 148 valence electrons. The Bertz CT molecular complexity index is 713. The van der Waals surface area contributed by atoms with Gasteiger partial charge in [-0.25, -0.2) is 17.5 Å². The van der Waals surface area contributed by atoms with Gasteiger partial charge in [-0.3, -0.25) is 4.79 Å². The zero-order valence-electron chi connectivity index (χ0n) is 15.1. The van der Waals surface area contributed by atoms with Crippen LogP contribution < -0.4 is 10.0 Å². The molecule has 0 aliphatic heterocycles. The highest BCUT2D eigenvalue weighted by atomic mass is 35.5. The molecule has 1 aromatic carbocycles. The summed E-state index contributed by atoms with van der Waals surface area (Å²) in [7, 11) is -3.97. The van der Waals surface area contributed by atoms with Crippen molar-refractivity contribution in [3.05, 3.63) is 29.0 Å². The Labute approximate surface area is 159 Å². The molecule has 0 aliphatic carbocycles. The minimum absolute atomic E-state index is 0.0930. The highest BCUT2D eigenvalue weighted by molar-refractivity contribution is 7.89. The van der Waals surface area contributed by atoms with Crippen LogP contribution in [-0.4, -0.2) is 38.6 Å². The largest absolute Gasteiger partial charge is 0.392 e. The minimum atomic E-state index is -3.97. The molecule has 0 bridgehead atoms. The number of amides is 1. The third-order valence-corrected chi connectivity index (χ3v) is 5.65. The molecular weight excluding hydrogens is 383 g/mol. The van der Waals surface area contributed by atoms with Gasteiger partial charge in [0.05, 0.1) is 11.1 Å². The topological polar surface area (TPSA) is 95.5 Å². The lowest BCUT2D eigenvalue weighted by Gasteiger charge is -2.16. The van der Waals surface area contributed by atoms with Gasteiger partial charge in [0, 0.05) is 19.0 Å². The van der Waals surface area contributed by atoms with Crippen molar-refractivity contribution in [2.24, 2.45) is 11.8 Å². The molecule has 0 aromatic heterocycles. The third kappa shape index (κ3) is 7.57. The van der Waals surface area contributed by atoms with Crippen LogP contribution in [0.15, 0.2) is 23.1 Å². The Morgan fingerprint density at radius 3 is 2.54 bits per heavy atom. The quantitative estimate of drug-likeness (QED) is 0.553. The number of sulfonamides is 1. The zero-order valence-corrected chi connectivity index (χ0v) is 16.7.